The molecule has 2 aromatic carbocycles. The van der Waals surface area contributed by atoms with Crippen LogP contribution in [0.2, 0.25) is 5.02 Å². The SMILES string of the molecule is Cc1ccc2[nH]c(=O)c(CN(CC3COCCO3)C(=O)Nc3ccc(Cl)cc3)cc2c1. The monoisotopic (exact) mass is 441 g/mol. The van der Waals surface area contributed by atoms with Gasteiger partial charge in [0.2, 0.25) is 0 Å². The first-order chi connectivity index (χ1) is 15.0. The molecule has 2 amide bonds. The third kappa shape index (κ3) is 5.44. The molecule has 0 spiro atoms. The van der Waals surface area contributed by atoms with Gasteiger partial charge in [-0.2, -0.15) is 0 Å². The van der Waals surface area contributed by atoms with Gasteiger partial charge in [0.15, 0.2) is 0 Å². The van der Waals surface area contributed by atoms with Crippen molar-refractivity contribution in [3.8, 4) is 0 Å². The maximum Gasteiger partial charge on any atom is 0.322 e. The van der Waals surface area contributed by atoms with Crippen LogP contribution in [0.25, 0.3) is 10.9 Å². The van der Waals surface area contributed by atoms with Crippen molar-refractivity contribution in [1.82, 2.24) is 9.88 Å². The number of halogens is 1. The van der Waals surface area contributed by atoms with Crippen molar-refractivity contribution in [1.29, 1.82) is 0 Å². The van der Waals surface area contributed by atoms with E-state index in [4.69, 9.17) is 21.1 Å². The number of aromatic amines is 1. The molecule has 0 aliphatic carbocycles. The maximum absolute atomic E-state index is 13.1. The van der Waals surface area contributed by atoms with Crippen molar-refractivity contribution in [3.63, 3.8) is 0 Å². The largest absolute Gasteiger partial charge is 0.376 e. The molecule has 0 bridgehead atoms. The van der Waals surface area contributed by atoms with Gasteiger partial charge in [-0.15, -0.1) is 0 Å². The molecule has 0 saturated carbocycles. The molecule has 1 aliphatic heterocycles. The van der Waals surface area contributed by atoms with Crippen molar-refractivity contribution >= 4 is 34.2 Å². The van der Waals surface area contributed by atoms with E-state index in [2.05, 4.69) is 10.3 Å². The Morgan fingerprint density at radius 2 is 2.00 bits per heavy atom. The Balaban J connectivity index is 1.59. The van der Waals surface area contributed by atoms with Crippen LogP contribution in [0.5, 0.6) is 0 Å². The summed E-state index contributed by atoms with van der Waals surface area (Å²) in [5.41, 5.74) is 2.75. The second-order valence-corrected chi connectivity index (χ2v) is 8.04. The van der Waals surface area contributed by atoms with Crippen molar-refractivity contribution in [2.75, 3.05) is 31.7 Å². The van der Waals surface area contributed by atoms with Crippen LogP contribution in [0.15, 0.2) is 53.3 Å². The highest BCUT2D eigenvalue weighted by atomic mass is 35.5. The lowest BCUT2D eigenvalue weighted by Crippen LogP contribution is -2.44. The van der Waals surface area contributed by atoms with Crippen LogP contribution in [0.4, 0.5) is 10.5 Å². The zero-order valence-electron chi connectivity index (χ0n) is 17.2. The molecule has 8 heteroatoms. The summed E-state index contributed by atoms with van der Waals surface area (Å²) >= 11 is 5.93. The summed E-state index contributed by atoms with van der Waals surface area (Å²) < 4.78 is 11.2. The Labute approximate surface area is 184 Å². The van der Waals surface area contributed by atoms with Gasteiger partial charge in [0.1, 0.15) is 0 Å². The number of aromatic nitrogens is 1. The fourth-order valence-electron chi connectivity index (χ4n) is 3.54. The van der Waals surface area contributed by atoms with Gasteiger partial charge in [-0.05, 0) is 54.8 Å². The summed E-state index contributed by atoms with van der Waals surface area (Å²) in [4.78, 5) is 30.2. The average Bonchev–Trinajstić information content (AvgIpc) is 2.76. The Kier molecular flexibility index (Phi) is 6.56. The highest BCUT2D eigenvalue weighted by Gasteiger charge is 2.23. The number of hydrogen-bond acceptors (Lipinski definition) is 4. The molecule has 7 nitrogen and oxygen atoms in total. The fourth-order valence-corrected chi connectivity index (χ4v) is 3.66. The maximum atomic E-state index is 13.1. The molecular weight excluding hydrogens is 418 g/mol. The molecule has 0 radical (unpaired) electrons. The predicted octanol–water partition coefficient (Wildman–Crippen LogP) is 3.94. The zero-order chi connectivity index (χ0) is 21.8. The van der Waals surface area contributed by atoms with Crippen molar-refractivity contribution in [2.45, 2.75) is 19.6 Å². The third-order valence-electron chi connectivity index (χ3n) is 5.13. The van der Waals surface area contributed by atoms with E-state index in [0.717, 1.165) is 16.5 Å². The van der Waals surface area contributed by atoms with Gasteiger partial charge in [-0.1, -0.05) is 23.2 Å². The number of aryl methyl sites for hydroxylation is 1. The number of amides is 2. The second-order valence-electron chi connectivity index (χ2n) is 7.60. The smallest absolute Gasteiger partial charge is 0.322 e. The minimum Gasteiger partial charge on any atom is -0.376 e. The molecule has 1 atom stereocenters. The Bertz CT molecular complexity index is 1120. The minimum absolute atomic E-state index is 0.137. The van der Waals surface area contributed by atoms with E-state index in [9.17, 15) is 9.59 Å². The number of H-pyrrole nitrogens is 1. The summed E-state index contributed by atoms with van der Waals surface area (Å²) in [6, 6.07) is 14.2. The molecule has 162 valence electrons. The van der Waals surface area contributed by atoms with Crippen LogP contribution < -0.4 is 10.9 Å². The van der Waals surface area contributed by atoms with E-state index >= 15 is 0 Å². The van der Waals surface area contributed by atoms with Crippen molar-refractivity contribution < 1.29 is 14.3 Å². The van der Waals surface area contributed by atoms with E-state index < -0.39 is 0 Å². The summed E-state index contributed by atoms with van der Waals surface area (Å²) in [6.07, 6.45) is -0.258. The van der Waals surface area contributed by atoms with Crippen LogP contribution in [0, 0.1) is 6.92 Å². The number of rotatable bonds is 5. The number of pyridine rings is 1. The van der Waals surface area contributed by atoms with E-state index in [1.165, 1.54) is 0 Å². The second kappa shape index (κ2) is 9.51. The highest BCUT2D eigenvalue weighted by molar-refractivity contribution is 6.30. The first-order valence-electron chi connectivity index (χ1n) is 10.1. The first kappa shape index (κ1) is 21.4. The van der Waals surface area contributed by atoms with Gasteiger partial charge >= 0.3 is 6.03 Å². The van der Waals surface area contributed by atoms with Crippen LogP contribution in [0.3, 0.4) is 0 Å². The number of nitrogens with zero attached hydrogens (tertiary/aromatic N) is 1. The molecule has 3 aromatic rings. The molecule has 1 unspecified atom stereocenters. The summed E-state index contributed by atoms with van der Waals surface area (Å²) in [5, 5.41) is 4.37. The van der Waals surface area contributed by atoms with E-state index in [0.29, 0.717) is 42.6 Å². The van der Waals surface area contributed by atoms with Crippen LogP contribution in [0.1, 0.15) is 11.1 Å². The third-order valence-corrected chi connectivity index (χ3v) is 5.38. The standard InChI is InChI=1S/C23H24ClN3O4/c1-15-2-7-21-16(10-15)11-17(22(28)26-21)12-27(13-20-14-30-8-9-31-20)23(29)25-19-5-3-18(24)4-6-19/h2-7,10-11,20H,8-9,12-14H2,1H3,(H,25,29)(H,26,28). The molecule has 1 aromatic heterocycles. The summed E-state index contributed by atoms with van der Waals surface area (Å²) in [6.45, 7) is 3.85. The molecule has 1 fully saturated rings. The number of hydrogen-bond donors (Lipinski definition) is 2. The van der Waals surface area contributed by atoms with Crippen LogP contribution in [-0.2, 0) is 16.0 Å². The summed E-state index contributed by atoms with van der Waals surface area (Å²) in [5.74, 6) is 0. The number of carbonyl (C=O) groups is 1. The van der Waals surface area contributed by atoms with Gasteiger partial charge in [0.05, 0.1) is 39.0 Å². The molecule has 4 rings (SSSR count). The van der Waals surface area contributed by atoms with Crippen molar-refractivity contribution in [3.05, 3.63) is 75.0 Å². The van der Waals surface area contributed by atoms with Crippen molar-refractivity contribution in [2.24, 2.45) is 0 Å². The lowest BCUT2D eigenvalue weighted by atomic mass is 10.1. The number of fused-ring (bicyclic) bond motifs is 1. The first-order valence-corrected chi connectivity index (χ1v) is 10.5. The quantitative estimate of drug-likeness (QED) is 0.628. The number of carbonyl (C=O) groups excluding carboxylic acids is 1. The van der Waals surface area contributed by atoms with Gasteiger partial charge in [0, 0.05) is 21.8 Å². The van der Waals surface area contributed by atoms with Gasteiger partial charge in [-0.3, -0.25) is 4.79 Å². The number of nitrogens with one attached hydrogen (secondary N) is 2. The summed E-state index contributed by atoms with van der Waals surface area (Å²) in [7, 11) is 0. The normalized spacial score (nSPS) is 16.3. The average molecular weight is 442 g/mol. The fraction of sp³-hybridized carbons (Fsp3) is 0.304. The molecular formula is C23H24ClN3O4. The number of benzene rings is 2. The molecule has 2 N–H and O–H groups in total. The minimum atomic E-state index is -0.333. The lowest BCUT2D eigenvalue weighted by Gasteiger charge is -2.30. The number of ether oxygens (including phenoxy) is 2. The van der Waals surface area contributed by atoms with Gasteiger partial charge in [-0.25, -0.2) is 4.79 Å². The molecule has 1 aliphatic rings. The van der Waals surface area contributed by atoms with E-state index in [1.54, 1.807) is 29.2 Å². The van der Waals surface area contributed by atoms with E-state index in [1.807, 2.05) is 31.2 Å². The van der Waals surface area contributed by atoms with Gasteiger partial charge in [0.25, 0.3) is 5.56 Å². The Hall–Kier alpha value is -2.87. The highest BCUT2D eigenvalue weighted by Crippen LogP contribution is 2.17. The van der Waals surface area contributed by atoms with Crippen LogP contribution >= 0.6 is 11.6 Å². The topological polar surface area (TPSA) is 83.7 Å². The van der Waals surface area contributed by atoms with E-state index in [-0.39, 0.29) is 24.2 Å². The predicted molar refractivity (Wildman–Crippen MR) is 121 cm³/mol. The number of urea groups is 1. The van der Waals surface area contributed by atoms with Crippen LogP contribution in [-0.4, -0.2) is 48.4 Å². The molecule has 31 heavy (non-hydrogen) atoms. The number of anilines is 1. The van der Waals surface area contributed by atoms with Gasteiger partial charge < -0.3 is 24.7 Å². The zero-order valence-corrected chi connectivity index (χ0v) is 17.9. The Morgan fingerprint density at radius 3 is 2.74 bits per heavy atom. The molecule has 2 heterocycles. The Morgan fingerprint density at radius 1 is 1.19 bits per heavy atom. The lowest BCUT2D eigenvalue weighted by molar-refractivity contribution is -0.0943. The molecule has 1 saturated heterocycles.